The number of ether oxygens (including phenoxy) is 7. The lowest BCUT2D eigenvalue weighted by molar-refractivity contribution is -0.361. The third-order valence-electron chi connectivity index (χ3n) is 4.97. The lowest BCUT2D eigenvalue weighted by atomic mass is 9.96. The standard InChI is InChI=1S/C16H30O11/c1-21-11-9(19)7(5-17)26-16(14(11)24-4)27-10-8(6-18)25-15(20)13(23-3)12(10)22-2/h7-20H,5-6H2,1-4H3/t7-,8-,9-,10-,11+,12+,13-,14-,15+,16-/m1/s1. The molecular formula is C16H30O11. The third-order valence-corrected chi connectivity index (χ3v) is 4.97. The van der Waals surface area contributed by atoms with Crippen molar-refractivity contribution in [3.05, 3.63) is 0 Å². The zero-order valence-electron chi connectivity index (χ0n) is 15.8. The van der Waals surface area contributed by atoms with Gasteiger partial charge < -0.3 is 53.6 Å². The first-order valence-corrected chi connectivity index (χ1v) is 8.62. The average molecular weight is 398 g/mol. The highest BCUT2D eigenvalue weighted by molar-refractivity contribution is 4.95. The van der Waals surface area contributed by atoms with Crippen LogP contribution in [0.5, 0.6) is 0 Å². The Bertz CT molecular complexity index is 439. The van der Waals surface area contributed by atoms with Crippen LogP contribution in [0.3, 0.4) is 0 Å². The Balaban J connectivity index is 2.26. The highest BCUT2D eigenvalue weighted by Gasteiger charge is 2.52. The van der Waals surface area contributed by atoms with Crippen LogP contribution in [0.25, 0.3) is 0 Å². The van der Waals surface area contributed by atoms with E-state index in [-0.39, 0.29) is 0 Å². The zero-order chi connectivity index (χ0) is 20.1. The van der Waals surface area contributed by atoms with Gasteiger partial charge in [-0.2, -0.15) is 0 Å². The van der Waals surface area contributed by atoms with Crippen LogP contribution in [-0.2, 0) is 33.2 Å². The zero-order valence-corrected chi connectivity index (χ0v) is 15.8. The van der Waals surface area contributed by atoms with Crippen molar-refractivity contribution in [2.75, 3.05) is 41.7 Å². The number of hydrogen-bond acceptors (Lipinski definition) is 11. The van der Waals surface area contributed by atoms with E-state index in [0.29, 0.717) is 0 Å². The molecule has 0 spiro atoms. The fourth-order valence-corrected chi connectivity index (χ4v) is 3.55. The molecule has 0 aromatic carbocycles. The van der Waals surface area contributed by atoms with E-state index in [2.05, 4.69) is 0 Å². The molecular weight excluding hydrogens is 368 g/mol. The second-order valence-electron chi connectivity index (χ2n) is 6.37. The molecule has 0 radical (unpaired) electrons. The Morgan fingerprint density at radius 3 is 1.70 bits per heavy atom. The maximum atomic E-state index is 10.3. The maximum Gasteiger partial charge on any atom is 0.187 e. The molecule has 2 rings (SSSR count). The monoisotopic (exact) mass is 398 g/mol. The summed E-state index contributed by atoms with van der Waals surface area (Å²) in [5, 5.41) is 39.5. The van der Waals surface area contributed by atoms with Crippen LogP contribution in [0.4, 0.5) is 0 Å². The molecule has 0 aromatic rings. The number of rotatable bonds is 8. The SMILES string of the molecule is CO[C@@H]1[C@@H](OC)[C@@H](O)O[C@H](CO)[C@H]1O[C@H]1O[C@H](CO)[C@@H](O)[C@H](OC)[C@H]1OC. The van der Waals surface area contributed by atoms with E-state index in [1.54, 1.807) is 0 Å². The van der Waals surface area contributed by atoms with Crippen molar-refractivity contribution in [3.8, 4) is 0 Å². The average Bonchev–Trinajstić information content (AvgIpc) is 2.68. The normalized spacial score (nSPS) is 45.8. The first kappa shape index (κ1) is 22.8. The second-order valence-corrected chi connectivity index (χ2v) is 6.37. The van der Waals surface area contributed by atoms with Crippen LogP contribution in [0.2, 0.25) is 0 Å². The number of aliphatic hydroxyl groups is 4. The Hall–Kier alpha value is -0.440. The molecule has 4 N–H and O–H groups in total. The van der Waals surface area contributed by atoms with Gasteiger partial charge in [-0.05, 0) is 0 Å². The summed E-state index contributed by atoms with van der Waals surface area (Å²) in [6.07, 6.45) is -9.65. The Morgan fingerprint density at radius 1 is 0.667 bits per heavy atom. The lowest BCUT2D eigenvalue weighted by Gasteiger charge is -2.47. The van der Waals surface area contributed by atoms with E-state index in [0.717, 1.165) is 0 Å². The summed E-state index contributed by atoms with van der Waals surface area (Å²) in [5.74, 6) is 0. The molecule has 11 heteroatoms. The minimum atomic E-state index is -1.32. The van der Waals surface area contributed by atoms with Crippen molar-refractivity contribution >= 4 is 0 Å². The molecule has 27 heavy (non-hydrogen) atoms. The molecule has 0 aliphatic carbocycles. The third kappa shape index (κ3) is 4.60. The van der Waals surface area contributed by atoms with Gasteiger partial charge >= 0.3 is 0 Å². The topological polar surface area (TPSA) is 146 Å². The fraction of sp³-hybridized carbons (Fsp3) is 1.00. The summed E-state index contributed by atoms with van der Waals surface area (Å²) in [7, 11) is 5.59. The van der Waals surface area contributed by atoms with E-state index >= 15 is 0 Å². The first-order chi connectivity index (χ1) is 13.0. The van der Waals surface area contributed by atoms with Gasteiger partial charge in [0.2, 0.25) is 0 Å². The summed E-state index contributed by atoms with van der Waals surface area (Å²) in [5.41, 5.74) is 0. The minimum absolute atomic E-state index is 0.456. The molecule has 160 valence electrons. The molecule has 2 aliphatic heterocycles. The van der Waals surface area contributed by atoms with Crippen molar-refractivity contribution in [1.82, 2.24) is 0 Å². The molecule has 2 fully saturated rings. The molecule has 2 heterocycles. The van der Waals surface area contributed by atoms with Gasteiger partial charge in [-0.1, -0.05) is 0 Å². The maximum absolute atomic E-state index is 10.3. The van der Waals surface area contributed by atoms with Gasteiger partial charge in [-0.3, -0.25) is 0 Å². The highest BCUT2D eigenvalue weighted by atomic mass is 16.7. The summed E-state index contributed by atoms with van der Waals surface area (Å²) in [6.45, 7) is -0.919. The predicted octanol–water partition coefficient (Wildman–Crippen LogP) is -2.78. The summed E-state index contributed by atoms with van der Waals surface area (Å²) in [4.78, 5) is 0. The second kappa shape index (κ2) is 10.4. The molecule has 0 bridgehead atoms. The lowest BCUT2D eigenvalue weighted by Crippen LogP contribution is -2.65. The van der Waals surface area contributed by atoms with Gasteiger partial charge in [0.15, 0.2) is 12.6 Å². The minimum Gasteiger partial charge on any atom is -0.394 e. The highest BCUT2D eigenvalue weighted by Crippen LogP contribution is 2.32. The van der Waals surface area contributed by atoms with E-state index < -0.39 is 74.6 Å². The largest absolute Gasteiger partial charge is 0.394 e. The van der Waals surface area contributed by atoms with E-state index in [9.17, 15) is 20.4 Å². The smallest absolute Gasteiger partial charge is 0.187 e. The molecule has 0 unspecified atom stereocenters. The van der Waals surface area contributed by atoms with Gasteiger partial charge in [0.25, 0.3) is 0 Å². The quantitative estimate of drug-likeness (QED) is 0.337. The Kier molecular flexibility index (Phi) is 8.77. The van der Waals surface area contributed by atoms with Crippen molar-refractivity contribution in [1.29, 1.82) is 0 Å². The summed E-state index contributed by atoms with van der Waals surface area (Å²) in [6, 6.07) is 0. The fourth-order valence-electron chi connectivity index (χ4n) is 3.55. The Morgan fingerprint density at radius 2 is 1.22 bits per heavy atom. The molecule has 2 aliphatic rings. The van der Waals surface area contributed by atoms with E-state index in [1.807, 2.05) is 0 Å². The Labute approximate surface area is 157 Å². The van der Waals surface area contributed by atoms with Crippen LogP contribution in [-0.4, -0.2) is 123 Å². The van der Waals surface area contributed by atoms with Crippen LogP contribution in [0.1, 0.15) is 0 Å². The number of methoxy groups -OCH3 is 4. The molecule has 0 aromatic heterocycles. The molecule has 10 atom stereocenters. The van der Waals surface area contributed by atoms with Gasteiger partial charge in [-0.25, -0.2) is 0 Å². The van der Waals surface area contributed by atoms with Gasteiger partial charge in [0, 0.05) is 28.4 Å². The number of hydrogen-bond donors (Lipinski definition) is 4. The van der Waals surface area contributed by atoms with Crippen molar-refractivity contribution in [2.45, 2.75) is 61.4 Å². The van der Waals surface area contributed by atoms with Crippen LogP contribution in [0, 0.1) is 0 Å². The van der Waals surface area contributed by atoms with Crippen molar-refractivity contribution < 1.29 is 53.6 Å². The van der Waals surface area contributed by atoms with E-state index in [4.69, 9.17) is 33.2 Å². The van der Waals surface area contributed by atoms with Gasteiger partial charge in [-0.15, -0.1) is 0 Å². The predicted molar refractivity (Wildman–Crippen MR) is 87.8 cm³/mol. The molecule has 0 saturated carbocycles. The van der Waals surface area contributed by atoms with Crippen LogP contribution >= 0.6 is 0 Å². The summed E-state index contributed by atoms with van der Waals surface area (Å²) >= 11 is 0. The van der Waals surface area contributed by atoms with Gasteiger partial charge in [0.1, 0.15) is 48.8 Å². The molecule has 11 nitrogen and oxygen atoms in total. The van der Waals surface area contributed by atoms with Crippen molar-refractivity contribution in [2.24, 2.45) is 0 Å². The van der Waals surface area contributed by atoms with Crippen LogP contribution < -0.4 is 0 Å². The first-order valence-electron chi connectivity index (χ1n) is 8.62. The summed E-state index contributed by atoms with van der Waals surface area (Å²) < 4.78 is 38.3. The van der Waals surface area contributed by atoms with Crippen LogP contribution in [0.15, 0.2) is 0 Å². The molecule has 0 amide bonds. The molecule has 2 saturated heterocycles. The van der Waals surface area contributed by atoms with Gasteiger partial charge in [0.05, 0.1) is 13.2 Å². The van der Waals surface area contributed by atoms with E-state index in [1.165, 1.54) is 28.4 Å². The van der Waals surface area contributed by atoms with Crippen molar-refractivity contribution in [3.63, 3.8) is 0 Å². The number of aliphatic hydroxyl groups excluding tert-OH is 4.